The number of benzene rings is 2. The van der Waals surface area contributed by atoms with Gasteiger partial charge in [-0.15, -0.1) is 0 Å². The molecule has 1 amide bonds. The number of halogens is 3. The van der Waals surface area contributed by atoms with Crippen LogP contribution < -0.4 is 15.6 Å². The van der Waals surface area contributed by atoms with Gasteiger partial charge < -0.3 is 10.1 Å². The standard InChI is InChI=1S/C21H18F3N3O3/c22-21(23,24)16-6-4-5-15(13-16)14-25-20(29)18-9-10-19(28)27(26-18)11-12-30-17-7-2-1-3-8-17/h1-10,13H,11-12,14H2,(H,25,29). The Labute approximate surface area is 169 Å². The van der Waals surface area contributed by atoms with Gasteiger partial charge in [0.05, 0.1) is 12.1 Å². The quantitative estimate of drug-likeness (QED) is 0.641. The highest BCUT2D eigenvalue weighted by Gasteiger charge is 2.30. The van der Waals surface area contributed by atoms with E-state index in [4.69, 9.17) is 4.74 Å². The average molecular weight is 417 g/mol. The molecule has 0 saturated carbocycles. The van der Waals surface area contributed by atoms with Crippen molar-refractivity contribution < 1.29 is 22.7 Å². The van der Waals surface area contributed by atoms with E-state index in [-0.39, 0.29) is 25.4 Å². The monoisotopic (exact) mass is 417 g/mol. The molecule has 0 saturated heterocycles. The normalized spacial score (nSPS) is 11.2. The molecule has 1 heterocycles. The molecule has 6 nitrogen and oxygen atoms in total. The van der Waals surface area contributed by atoms with Crippen LogP contribution in [0.3, 0.4) is 0 Å². The molecule has 1 N–H and O–H groups in total. The molecular weight excluding hydrogens is 399 g/mol. The molecule has 9 heteroatoms. The number of carbonyl (C=O) groups excluding carboxylic acids is 1. The molecule has 0 spiro atoms. The van der Waals surface area contributed by atoms with Crippen molar-refractivity contribution in [1.82, 2.24) is 15.1 Å². The summed E-state index contributed by atoms with van der Waals surface area (Å²) >= 11 is 0. The van der Waals surface area contributed by atoms with E-state index in [9.17, 15) is 22.8 Å². The lowest BCUT2D eigenvalue weighted by Crippen LogP contribution is -2.30. The summed E-state index contributed by atoms with van der Waals surface area (Å²) in [5.41, 5.74) is -0.926. The predicted molar refractivity (Wildman–Crippen MR) is 103 cm³/mol. The number of nitrogens with zero attached hydrogens (tertiary/aromatic N) is 2. The van der Waals surface area contributed by atoms with Gasteiger partial charge in [0.2, 0.25) is 0 Å². The number of nitrogens with one attached hydrogen (secondary N) is 1. The van der Waals surface area contributed by atoms with Crippen LogP contribution in [0.1, 0.15) is 21.6 Å². The number of carbonyl (C=O) groups is 1. The lowest BCUT2D eigenvalue weighted by molar-refractivity contribution is -0.137. The van der Waals surface area contributed by atoms with Gasteiger partial charge in [0.1, 0.15) is 18.1 Å². The number of alkyl halides is 3. The zero-order valence-electron chi connectivity index (χ0n) is 15.7. The van der Waals surface area contributed by atoms with Crippen LogP contribution >= 0.6 is 0 Å². The van der Waals surface area contributed by atoms with Crippen molar-refractivity contribution in [2.24, 2.45) is 0 Å². The van der Waals surface area contributed by atoms with Crippen molar-refractivity contribution in [3.8, 4) is 5.75 Å². The van der Waals surface area contributed by atoms with Crippen molar-refractivity contribution >= 4 is 5.91 Å². The number of aromatic nitrogens is 2. The summed E-state index contributed by atoms with van der Waals surface area (Å²) in [6, 6.07) is 16.2. The maximum atomic E-state index is 12.8. The fourth-order valence-corrected chi connectivity index (χ4v) is 2.63. The molecule has 0 unspecified atom stereocenters. The van der Waals surface area contributed by atoms with Crippen LogP contribution in [0.5, 0.6) is 5.75 Å². The molecule has 156 valence electrons. The van der Waals surface area contributed by atoms with E-state index in [1.54, 1.807) is 12.1 Å². The van der Waals surface area contributed by atoms with Crippen LogP contribution in [0.25, 0.3) is 0 Å². The van der Waals surface area contributed by atoms with Gasteiger partial charge in [-0.2, -0.15) is 18.3 Å². The van der Waals surface area contributed by atoms with Gasteiger partial charge in [-0.25, -0.2) is 4.68 Å². The summed E-state index contributed by atoms with van der Waals surface area (Å²) in [6.45, 7) is 0.190. The largest absolute Gasteiger partial charge is 0.492 e. The Hall–Kier alpha value is -3.62. The molecule has 0 fully saturated rings. The molecule has 0 radical (unpaired) electrons. The third-order valence-electron chi connectivity index (χ3n) is 4.12. The van der Waals surface area contributed by atoms with Crippen LogP contribution in [-0.4, -0.2) is 22.3 Å². The maximum Gasteiger partial charge on any atom is 0.416 e. The van der Waals surface area contributed by atoms with Crippen molar-refractivity contribution in [1.29, 1.82) is 0 Å². The van der Waals surface area contributed by atoms with Crippen LogP contribution in [0.15, 0.2) is 71.5 Å². The first-order valence-corrected chi connectivity index (χ1v) is 9.03. The Kier molecular flexibility index (Phi) is 6.51. The molecule has 0 aliphatic heterocycles. The molecule has 0 bridgehead atoms. The van der Waals surface area contributed by atoms with E-state index in [2.05, 4.69) is 10.4 Å². The van der Waals surface area contributed by atoms with Gasteiger partial charge in [0, 0.05) is 12.6 Å². The second kappa shape index (κ2) is 9.25. The highest BCUT2D eigenvalue weighted by molar-refractivity contribution is 5.91. The Morgan fingerprint density at radius 3 is 2.53 bits per heavy atom. The van der Waals surface area contributed by atoms with Gasteiger partial charge in [-0.3, -0.25) is 9.59 Å². The SMILES string of the molecule is O=C(NCc1cccc(C(F)(F)F)c1)c1ccc(=O)n(CCOc2ccccc2)n1. The van der Waals surface area contributed by atoms with Crippen molar-refractivity contribution in [2.75, 3.05) is 6.61 Å². The van der Waals surface area contributed by atoms with E-state index >= 15 is 0 Å². The second-order valence-electron chi connectivity index (χ2n) is 6.32. The summed E-state index contributed by atoms with van der Waals surface area (Å²) in [4.78, 5) is 24.3. The second-order valence-corrected chi connectivity index (χ2v) is 6.32. The van der Waals surface area contributed by atoms with Crippen molar-refractivity contribution in [2.45, 2.75) is 19.3 Å². The number of para-hydroxylation sites is 1. The van der Waals surface area contributed by atoms with E-state index in [1.165, 1.54) is 24.3 Å². The van der Waals surface area contributed by atoms with E-state index in [1.807, 2.05) is 18.2 Å². The molecule has 3 rings (SSSR count). The lowest BCUT2D eigenvalue weighted by Gasteiger charge is -2.10. The average Bonchev–Trinajstić information content (AvgIpc) is 2.74. The molecule has 0 aliphatic rings. The number of hydrogen-bond acceptors (Lipinski definition) is 4. The zero-order valence-corrected chi connectivity index (χ0v) is 15.7. The Morgan fingerprint density at radius 2 is 1.80 bits per heavy atom. The van der Waals surface area contributed by atoms with Gasteiger partial charge >= 0.3 is 6.18 Å². The van der Waals surface area contributed by atoms with Crippen LogP contribution in [-0.2, 0) is 19.3 Å². The first kappa shape index (κ1) is 21.1. The smallest absolute Gasteiger partial charge is 0.416 e. The first-order valence-electron chi connectivity index (χ1n) is 9.03. The van der Waals surface area contributed by atoms with Crippen molar-refractivity contribution in [3.63, 3.8) is 0 Å². The van der Waals surface area contributed by atoms with Gasteiger partial charge in [-0.1, -0.05) is 30.3 Å². The van der Waals surface area contributed by atoms with Crippen molar-refractivity contribution in [3.05, 3.63) is 93.9 Å². The molecule has 2 aromatic carbocycles. The first-order chi connectivity index (χ1) is 14.3. The number of amides is 1. The van der Waals surface area contributed by atoms with E-state index in [0.717, 1.165) is 16.8 Å². The minimum absolute atomic E-state index is 0.0266. The maximum absolute atomic E-state index is 12.8. The summed E-state index contributed by atoms with van der Waals surface area (Å²) in [6.07, 6.45) is -4.46. The van der Waals surface area contributed by atoms with Crippen LogP contribution in [0.2, 0.25) is 0 Å². The highest BCUT2D eigenvalue weighted by atomic mass is 19.4. The summed E-state index contributed by atoms with van der Waals surface area (Å²) in [5, 5.41) is 6.51. The van der Waals surface area contributed by atoms with Crippen LogP contribution in [0.4, 0.5) is 13.2 Å². The fraction of sp³-hybridized carbons (Fsp3) is 0.190. The number of hydrogen-bond donors (Lipinski definition) is 1. The number of rotatable bonds is 7. The number of ether oxygens (including phenoxy) is 1. The van der Waals surface area contributed by atoms with E-state index < -0.39 is 23.2 Å². The summed E-state index contributed by atoms with van der Waals surface area (Å²) in [7, 11) is 0. The van der Waals surface area contributed by atoms with E-state index in [0.29, 0.717) is 11.3 Å². The minimum Gasteiger partial charge on any atom is -0.492 e. The lowest BCUT2D eigenvalue weighted by atomic mass is 10.1. The molecule has 3 aromatic rings. The zero-order chi connectivity index (χ0) is 21.6. The summed E-state index contributed by atoms with van der Waals surface area (Å²) in [5.74, 6) is 0.0330. The molecular formula is C21H18F3N3O3. The molecule has 1 aromatic heterocycles. The Balaban J connectivity index is 1.61. The fourth-order valence-electron chi connectivity index (χ4n) is 2.63. The highest BCUT2D eigenvalue weighted by Crippen LogP contribution is 2.29. The van der Waals surface area contributed by atoms with Crippen LogP contribution in [0, 0.1) is 0 Å². The molecule has 0 aliphatic carbocycles. The Morgan fingerprint density at radius 1 is 1.03 bits per heavy atom. The summed E-state index contributed by atoms with van der Waals surface area (Å²) < 4.78 is 45.0. The van der Waals surface area contributed by atoms with Gasteiger partial charge in [-0.05, 0) is 35.9 Å². The topological polar surface area (TPSA) is 73.2 Å². The predicted octanol–water partition coefficient (Wildman–Crippen LogP) is 3.27. The molecule has 30 heavy (non-hydrogen) atoms. The van der Waals surface area contributed by atoms with Gasteiger partial charge in [0.15, 0.2) is 0 Å². The molecule has 0 atom stereocenters. The Bertz CT molecular complexity index is 1070. The third-order valence-corrected chi connectivity index (χ3v) is 4.12. The minimum atomic E-state index is -4.46. The van der Waals surface area contributed by atoms with Gasteiger partial charge in [0.25, 0.3) is 11.5 Å². The third kappa shape index (κ3) is 5.69.